The number of fused-ring (bicyclic) bond motifs is 3. The maximum absolute atomic E-state index is 9.71. The zero-order valence-corrected chi connectivity index (χ0v) is 23.9. The summed E-state index contributed by atoms with van der Waals surface area (Å²) >= 11 is -0.556. The van der Waals surface area contributed by atoms with Crippen LogP contribution < -0.4 is 10.4 Å². The fraction of sp³-hybridized carbons (Fsp3) is 0.138. The van der Waals surface area contributed by atoms with E-state index in [1.807, 2.05) is 13.0 Å². The number of rotatable bonds is 4. The molecule has 1 N–H and O–H groups in total. The van der Waals surface area contributed by atoms with E-state index >= 15 is 0 Å². The van der Waals surface area contributed by atoms with Crippen molar-refractivity contribution in [3.63, 3.8) is 0 Å². The van der Waals surface area contributed by atoms with Crippen molar-refractivity contribution in [2.75, 3.05) is 0 Å². The fourth-order valence-electron chi connectivity index (χ4n) is 3.52. The molecule has 1 radical (unpaired) electrons. The van der Waals surface area contributed by atoms with Crippen molar-refractivity contribution < 1.29 is 21.8 Å². The van der Waals surface area contributed by atoms with Crippen LogP contribution in [0.1, 0.15) is 30.9 Å². The smallest absolute Gasteiger partial charge is 0.103 e. The molecule has 4 aromatic rings. The largest absolute Gasteiger partial charge is 0.179 e. The molecule has 0 saturated carbocycles. The van der Waals surface area contributed by atoms with Crippen LogP contribution >= 0.6 is 18.6 Å². The molecule has 0 saturated heterocycles. The van der Waals surface area contributed by atoms with E-state index in [0.717, 1.165) is 12.8 Å². The summed E-state index contributed by atoms with van der Waals surface area (Å²) in [5.74, 6) is -0.461. The van der Waals surface area contributed by atoms with E-state index < -0.39 is 22.9 Å². The minimum atomic E-state index is -0.556. The monoisotopic (exact) mass is 552 g/mol. The molecule has 1 aliphatic rings. The maximum Gasteiger partial charge on any atom is 0.103 e. The maximum atomic E-state index is 9.71. The van der Waals surface area contributed by atoms with Gasteiger partial charge in [-0.2, -0.15) is 29.8 Å². The summed E-state index contributed by atoms with van der Waals surface area (Å²) in [4.78, 5) is 9.71. The third-order valence-corrected chi connectivity index (χ3v) is 6.46. The Balaban J connectivity index is 0.000000186. The molecule has 35 heavy (non-hydrogen) atoms. The van der Waals surface area contributed by atoms with Gasteiger partial charge in [0.05, 0.1) is 0 Å². The topological polar surface area (TPSA) is 40.9 Å². The van der Waals surface area contributed by atoms with Crippen molar-refractivity contribution >= 4 is 44.4 Å². The second-order valence-corrected chi connectivity index (χ2v) is 11.8. The van der Waals surface area contributed by atoms with Crippen molar-refractivity contribution in [2.24, 2.45) is 0 Å². The van der Waals surface area contributed by atoms with E-state index in [0.29, 0.717) is 6.42 Å². The molecule has 4 aromatic carbocycles. The molecule has 179 valence electrons. The molecule has 0 aliphatic heterocycles. The standard InChI is InChI=1S/C13H9.C12H11Si.C4H9NO.2ClH.Ti/c1-3-7-12-10(5-1)9-11-6-2-4-8-13(11)12;1-3-7-11(8-4-1)13-12-9-5-2-6-10-12;1-2-3-4(5)6;;;/h1-5,7-8H,9H2;1-10,13H;2-3H2,1H3,(H2,5,6);2*1H;/q-1;;;;;+2/p-3. The molecular weight excluding hydrogens is 525 g/mol. The van der Waals surface area contributed by atoms with Gasteiger partial charge in [0.2, 0.25) is 0 Å². The van der Waals surface area contributed by atoms with Crippen LogP contribution in [0.5, 0.6) is 0 Å². The second-order valence-electron chi connectivity index (χ2n) is 7.61. The van der Waals surface area contributed by atoms with Gasteiger partial charge in [0.1, 0.15) is 9.52 Å². The van der Waals surface area contributed by atoms with Gasteiger partial charge in [-0.1, -0.05) is 120 Å². The number of amides is 1. The third kappa shape index (κ3) is 11.0. The Morgan fingerprint density at radius 1 is 0.857 bits per heavy atom. The number of benzene rings is 4. The number of carbonyl (C=O) groups is 1. The van der Waals surface area contributed by atoms with E-state index in [1.54, 1.807) is 0 Å². The first-order chi connectivity index (χ1) is 17.1. The first-order valence-corrected chi connectivity index (χ1v) is 16.8. The van der Waals surface area contributed by atoms with Crippen LogP contribution in [-0.2, 0) is 28.2 Å². The molecule has 0 heterocycles. The van der Waals surface area contributed by atoms with Crippen LogP contribution in [0.2, 0.25) is 0 Å². The summed E-state index contributed by atoms with van der Waals surface area (Å²) in [5, 5.41) is 2.90. The molecule has 0 spiro atoms. The minimum absolute atomic E-state index is 0.271. The number of nitrogens with one attached hydrogen (secondary N) is 1. The molecule has 5 rings (SSSR count). The van der Waals surface area contributed by atoms with Gasteiger partial charge in [0, 0.05) is 5.91 Å². The van der Waals surface area contributed by atoms with E-state index in [4.69, 9.17) is 24.3 Å². The van der Waals surface area contributed by atoms with Gasteiger partial charge in [-0.15, -0.1) is 5.56 Å². The van der Waals surface area contributed by atoms with Crippen LogP contribution in [0.4, 0.5) is 0 Å². The molecule has 2 nitrogen and oxygen atoms in total. The molecule has 0 unspecified atom stereocenters. The Hall–Kier alpha value is -2.14. The van der Waals surface area contributed by atoms with Gasteiger partial charge in [-0.05, 0) is 12.8 Å². The number of carbonyl (C=O) groups excluding carboxylic acids is 1. The van der Waals surface area contributed by atoms with Crippen LogP contribution in [0.25, 0.3) is 16.9 Å². The molecule has 0 bridgehead atoms. The fourth-order valence-corrected chi connectivity index (χ4v) is 4.73. The van der Waals surface area contributed by atoms with Crippen LogP contribution in [0.15, 0.2) is 103 Å². The molecule has 0 fully saturated rings. The predicted octanol–water partition coefficient (Wildman–Crippen LogP) is 6.87. The zero-order valence-electron chi connectivity index (χ0n) is 19.7. The van der Waals surface area contributed by atoms with Gasteiger partial charge in [0.25, 0.3) is 0 Å². The summed E-state index contributed by atoms with van der Waals surface area (Å²) in [6.07, 6.45) is 2.24. The van der Waals surface area contributed by atoms with E-state index in [9.17, 15) is 4.79 Å². The summed E-state index contributed by atoms with van der Waals surface area (Å²) in [6.45, 7) is 1.88. The normalized spacial score (nSPS) is 10.0. The molecule has 0 aromatic heterocycles. The van der Waals surface area contributed by atoms with Gasteiger partial charge in [0.15, 0.2) is 0 Å². The number of hydrogen-bond donors (Lipinski definition) is 0. The van der Waals surface area contributed by atoms with Gasteiger partial charge < -0.3 is 10.5 Å². The van der Waals surface area contributed by atoms with Gasteiger partial charge in [-0.25, -0.2) is 0 Å². The molecule has 0 atom stereocenters. The van der Waals surface area contributed by atoms with E-state index in [-0.39, 0.29) is 9.52 Å². The SMILES string of the molecule is CCCC([NH-])=O.[Cl][Ti][Cl].[c-]1cccc2c1Cc1ccccc1-2.c1ccc([SiH]c2ccccc2)cc1. The Morgan fingerprint density at radius 3 is 1.89 bits per heavy atom. The van der Waals surface area contributed by atoms with Crippen molar-refractivity contribution in [1.29, 1.82) is 0 Å². The molecule has 1 amide bonds. The average Bonchev–Trinajstić information content (AvgIpc) is 3.25. The quantitative estimate of drug-likeness (QED) is 0.177. The third-order valence-electron chi connectivity index (χ3n) is 5.03. The Kier molecular flexibility index (Phi) is 14.4. The van der Waals surface area contributed by atoms with Crippen molar-refractivity contribution in [3.8, 4) is 11.1 Å². The molecule has 6 heteroatoms. The van der Waals surface area contributed by atoms with E-state index in [1.165, 1.54) is 32.6 Å². The van der Waals surface area contributed by atoms with Crippen LogP contribution in [0, 0.1) is 6.07 Å². The van der Waals surface area contributed by atoms with Crippen LogP contribution in [-0.4, -0.2) is 15.4 Å². The molecule has 1 aliphatic carbocycles. The minimum Gasteiger partial charge on any atom is -0.179 e. The number of hydrogen-bond acceptors (Lipinski definition) is 1. The average molecular weight is 553 g/mol. The summed E-state index contributed by atoms with van der Waals surface area (Å²) in [5.41, 5.74) is 11.8. The summed E-state index contributed by atoms with van der Waals surface area (Å²) < 4.78 is 0. The summed E-state index contributed by atoms with van der Waals surface area (Å²) in [6, 6.07) is 39.4. The second kappa shape index (κ2) is 17.3. The van der Waals surface area contributed by atoms with Gasteiger partial charge >= 0.3 is 35.6 Å². The Labute approximate surface area is 228 Å². The first kappa shape index (κ1) is 29.1. The predicted molar refractivity (Wildman–Crippen MR) is 149 cm³/mol. The van der Waals surface area contributed by atoms with Crippen LogP contribution in [0.3, 0.4) is 0 Å². The molecular formula is C29H28Cl2NOSiTi-2. The first-order valence-electron chi connectivity index (χ1n) is 11.3. The van der Waals surface area contributed by atoms with Crippen molar-refractivity contribution in [3.05, 3.63) is 126 Å². The number of halogens is 2. The Bertz CT molecular complexity index is 1060. The zero-order chi connectivity index (χ0) is 25.3. The Morgan fingerprint density at radius 2 is 1.37 bits per heavy atom. The van der Waals surface area contributed by atoms with Crippen molar-refractivity contribution in [1.82, 2.24) is 0 Å². The van der Waals surface area contributed by atoms with Crippen molar-refractivity contribution in [2.45, 2.75) is 26.2 Å². The van der Waals surface area contributed by atoms with Gasteiger partial charge in [-0.3, -0.25) is 0 Å². The summed E-state index contributed by atoms with van der Waals surface area (Å²) in [7, 11) is 10.0. The van der Waals surface area contributed by atoms with E-state index in [2.05, 4.69) is 103 Å².